The fourth-order valence-electron chi connectivity index (χ4n) is 1.68. The largest absolute Gasteiger partial charge is 0.360 e. The Bertz CT molecular complexity index is 756. The number of benzene rings is 1. The zero-order valence-electron chi connectivity index (χ0n) is 12.7. The van der Waals surface area contributed by atoms with Gasteiger partial charge in [0.05, 0.1) is 15.7 Å². The number of aromatic nitrogens is 1. The summed E-state index contributed by atoms with van der Waals surface area (Å²) in [5, 5.41) is 9.32. The standard InChI is InChI=1S/C15H15Cl2N3O3/c1-8-7-11(20-23-8)19-14(22)15(2,3)13(21)18-10-6-4-5-9(16)12(10)17/h4-7H,1-3H3,(H,18,21)(H,19,20,22). The highest BCUT2D eigenvalue weighted by atomic mass is 35.5. The van der Waals surface area contributed by atoms with Crippen LogP contribution >= 0.6 is 23.2 Å². The third-order valence-electron chi connectivity index (χ3n) is 3.20. The number of nitrogens with one attached hydrogen (secondary N) is 2. The van der Waals surface area contributed by atoms with Crippen molar-refractivity contribution in [3.8, 4) is 0 Å². The second-order valence-corrected chi connectivity index (χ2v) is 6.24. The molecule has 1 aromatic heterocycles. The summed E-state index contributed by atoms with van der Waals surface area (Å²) in [6.07, 6.45) is 0. The minimum absolute atomic E-state index is 0.214. The normalized spacial score (nSPS) is 11.2. The number of carbonyl (C=O) groups excluding carboxylic acids is 2. The Morgan fingerprint density at radius 1 is 1.17 bits per heavy atom. The first kappa shape index (κ1) is 17.3. The minimum Gasteiger partial charge on any atom is -0.360 e. The summed E-state index contributed by atoms with van der Waals surface area (Å²) in [7, 11) is 0. The van der Waals surface area contributed by atoms with Crippen molar-refractivity contribution in [2.75, 3.05) is 10.6 Å². The zero-order chi connectivity index (χ0) is 17.2. The van der Waals surface area contributed by atoms with Crippen LogP contribution in [0.5, 0.6) is 0 Å². The van der Waals surface area contributed by atoms with E-state index in [2.05, 4.69) is 15.8 Å². The van der Waals surface area contributed by atoms with Gasteiger partial charge in [-0.2, -0.15) is 0 Å². The Balaban J connectivity index is 2.12. The van der Waals surface area contributed by atoms with Crippen LogP contribution < -0.4 is 10.6 Å². The number of nitrogens with zero attached hydrogens (tertiary/aromatic N) is 1. The van der Waals surface area contributed by atoms with E-state index < -0.39 is 17.2 Å². The number of halogens is 2. The number of amides is 2. The predicted octanol–water partition coefficient (Wildman–Crippen LogP) is 3.89. The van der Waals surface area contributed by atoms with Gasteiger partial charge in [-0.3, -0.25) is 9.59 Å². The highest BCUT2D eigenvalue weighted by molar-refractivity contribution is 6.44. The Morgan fingerprint density at radius 2 is 1.83 bits per heavy atom. The fraction of sp³-hybridized carbons (Fsp3) is 0.267. The molecule has 0 atom stereocenters. The highest BCUT2D eigenvalue weighted by Gasteiger charge is 2.37. The molecule has 0 saturated heterocycles. The molecule has 6 nitrogen and oxygen atoms in total. The van der Waals surface area contributed by atoms with E-state index >= 15 is 0 Å². The van der Waals surface area contributed by atoms with Crippen LogP contribution in [0.1, 0.15) is 19.6 Å². The molecule has 0 bridgehead atoms. The summed E-state index contributed by atoms with van der Waals surface area (Å²) in [6.45, 7) is 4.67. The lowest BCUT2D eigenvalue weighted by molar-refractivity contribution is -0.135. The van der Waals surface area contributed by atoms with Gasteiger partial charge in [0, 0.05) is 6.07 Å². The number of carbonyl (C=O) groups is 2. The van der Waals surface area contributed by atoms with E-state index in [4.69, 9.17) is 27.7 Å². The maximum absolute atomic E-state index is 12.4. The van der Waals surface area contributed by atoms with Crippen molar-refractivity contribution in [3.05, 3.63) is 40.1 Å². The smallest absolute Gasteiger partial charge is 0.240 e. The highest BCUT2D eigenvalue weighted by Crippen LogP contribution is 2.31. The molecule has 0 radical (unpaired) electrons. The quantitative estimate of drug-likeness (QED) is 0.814. The molecule has 0 saturated carbocycles. The first-order valence-corrected chi connectivity index (χ1v) is 7.47. The van der Waals surface area contributed by atoms with Crippen LogP contribution in [0.2, 0.25) is 10.0 Å². The lowest BCUT2D eigenvalue weighted by Gasteiger charge is -2.22. The lowest BCUT2D eigenvalue weighted by atomic mass is 9.91. The topological polar surface area (TPSA) is 84.2 Å². The molecule has 2 aromatic rings. The first-order chi connectivity index (χ1) is 10.7. The second-order valence-electron chi connectivity index (χ2n) is 5.46. The summed E-state index contributed by atoms with van der Waals surface area (Å²) in [4.78, 5) is 24.7. The van der Waals surface area contributed by atoms with Crippen LogP contribution in [0.25, 0.3) is 0 Å². The number of rotatable bonds is 4. The van der Waals surface area contributed by atoms with E-state index in [9.17, 15) is 9.59 Å². The summed E-state index contributed by atoms with van der Waals surface area (Å²) < 4.78 is 4.87. The number of hydrogen-bond donors (Lipinski definition) is 2. The van der Waals surface area contributed by atoms with Crippen molar-refractivity contribution in [1.82, 2.24) is 5.16 Å². The Kier molecular flexibility index (Phi) is 4.97. The van der Waals surface area contributed by atoms with Crippen LogP contribution in [-0.4, -0.2) is 17.0 Å². The van der Waals surface area contributed by atoms with Crippen LogP contribution in [0.4, 0.5) is 11.5 Å². The van der Waals surface area contributed by atoms with E-state index in [1.807, 2.05) is 0 Å². The molecule has 0 unspecified atom stereocenters. The molecule has 122 valence electrons. The molecule has 2 rings (SSSR count). The van der Waals surface area contributed by atoms with Gasteiger partial charge in [-0.1, -0.05) is 34.4 Å². The molecule has 0 aliphatic carbocycles. The molecule has 1 aromatic carbocycles. The molecular weight excluding hydrogens is 341 g/mol. The van der Waals surface area contributed by atoms with E-state index in [1.165, 1.54) is 13.8 Å². The molecule has 2 N–H and O–H groups in total. The van der Waals surface area contributed by atoms with Gasteiger partial charge in [0.25, 0.3) is 0 Å². The summed E-state index contributed by atoms with van der Waals surface area (Å²) in [6, 6.07) is 6.40. The maximum atomic E-state index is 12.4. The summed E-state index contributed by atoms with van der Waals surface area (Å²) in [5.41, 5.74) is -1.03. The van der Waals surface area contributed by atoms with Gasteiger partial charge in [0.1, 0.15) is 11.2 Å². The van der Waals surface area contributed by atoms with Crippen molar-refractivity contribution < 1.29 is 14.1 Å². The molecule has 0 aliphatic heterocycles. The number of anilines is 2. The molecule has 23 heavy (non-hydrogen) atoms. The van der Waals surface area contributed by atoms with Crippen LogP contribution in [0.3, 0.4) is 0 Å². The Labute approximate surface area is 143 Å². The number of aryl methyl sites for hydroxylation is 1. The van der Waals surface area contributed by atoms with Crippen molar-refractivity contribution in [1.29, 1.82) is 0 Å². The summed E-state index contributed by atoms with van der Waals surface area (Å²) in [5.74, 6) is -0.261. The SMILES string of the molecule is Cc1cc(NC(=O)C(C)(C)C(=O)Nc2cccc(Cl)c2Cl)no1. The molecule has 2 amide bonds. The molecule has 1 heterocycles. The predicted molar refractivity (Wildman–Crippen MR) is 88.7 cm³/mol. The van der Waals surface area contributed by atoms with Gasteiger partial charge in [0.15, 0.2) is 5.82 Å². The Hall–Kier alpha value is -2.05. The van der Waals surface area contributed by atoms with E-state index in [0.717, 1.165) is 0 Å². The molecular formula is C15H15Cl2N3O3. The van der Waals surface area contributed by atoms with Crippen LogP contribution in [0.15, 0.2) is 28.8 Å². The maximum Gasteiger partial charge on any atom is 0.240 e. The average molecular weight is 356 g/mol. The van der Waals surface area contributed by atoms with Crippen LogP contribution in [-0.2, 0) is 9.59 Å². The second kappa shape index (κ2) is 6.60. The molecule has 0 aliphatic rings. The third kappa shape index (κ3) is 3.83. The molecule has 8 heteroatoms. The monoisotopic (exact) mass is 355 g/mol. The van der Waals surface area contributed by atoms with Crippen molar-refractivity contribution in [3.63, 3.8) is 0 Å². The van der Waals surface area contributed by atoms with Crippen molar-refractivity contribution in [2.24, 2.45) is 5.41 Å². The lowest BCUT2D eigenvalue weighted by Crippen LogP contribution is -2.41. The van der Waals surface area contributed by atoms with E-state index in [-0.39, 0.29) is 10.8 Å². The number of hydrogen-bond acceptors (Lipinski definition) is 4. The van der Waals surface area contributed by atoms with Gasteiger partial charge in [-0.05, 0) is 32.9 Å². The van der Waals surface area contributed by atoms with Crippen molar-refractivity contribution >= 4 is 46.5 Å². The molecule has 0 spiro atoms. The fourth-order valence-corrected chi connectivity index (χ4v) is 2.03. The van der Waals surface area contributed by atoms with Gasteiger partial charge in [0.2, 0.25) is 11.8 Å². The Morgan fingerprint density at radius 3 is 2.43 bits per heavy atom. The zero-order valence-corrected chi connectivity index (χ0v) is 14.2. The van der Waals surface area contributed by atoms with Gasteiger partial charge < -0.3 is 15.2 Å². The minimum atomic E-state index is -1.36. The van der Waals surface area contributed by atoms with E-state index in [0.29, 0.717) is 16.5 Å². The third-order valence-corrected chi connectivity index (χ3v) is 4.02. The average Bonchev–Trinajstić information content (AvgIpc) is 2.88. The van der Waals surface area contributed by atoms with Gasteiger partial charge >= 0.3 is 0 Å². The molecule has 0 fully saturated rings. The van der Waals surface area contributed by atoms with Gasteiger partial charge in [-0.25, -0.2) is 0 Å². The van der Waals surface area contributed by atoms with Crippen molar-refractivity contribution in [2.45, 2.75) is 20.8 Å². The first-order valence-electron chi connectivity index (χ1n) is 6.72. The van der Waals surface area contributed by atoms with E-state index in [1.54, 1.807) is 31.2 Å². The van der Waals surface area contributed by atoms with Crippen LogP contribution in [0, 0.1) is 12.3 Å². The summed E-state index contributed by atoms with van der Waals surface area (Å²) >= 11 is 11.9. The van der Waals surface area contributed by atoms with Gasteiger partial charge in [-0.15, -0.1) is 0 Å².